The average Bonchev–Trinajstić information content (AvgIpc) is 2.61. The highest BCUT2D eigenvalue weighted by atomic mass is 32.2. The molecule has 5 nitrogen and oxygen atoms in total. The minimum Gasteiger partial charge on any atom is -0.326 e. The second kappa shape index (κ2) is 9.42. The van der Waals surface area contributed by atoms with Gasteiger partial charge in [-0.05, 0) is 48.3 Å². The number of benzene rings is 1. The van der Waals surface area contributed by atoms with Crippen molar-refractivity contribution in [2.75, 3.05) is 18.4 Å². The summed E-state index contributed by atoms with van der Waals surface area (Å²) in [4.78, 5) is 21.7. The lowest BCUT2D eigenvalue weighted by molar-refractivity contribution is 0.176. The number of rotatable bonds is 7. The standard InChI is InChI=1S/C21H30N4OS/c1-15(2)27-14-19-11-20(26)24-21(23-19)22-18-8-6-17(7-9-18)13-25-10-4-5-16(3)12-25/h6-9,11,15-16H,4-5,10,12-14H2,1-3H3,(H2,22,23,24,26). The molecule has 2 N–H and O–H groups in total. The number of H-pyrrole nitrogens is 1. The molecule has 0 spiro atoms. The van der Waals surface area contributed by atoms with Crippen LogP contribution < -0.4 is 10.9 Å². The molecule has 0 amide bonds. The molecule has 1 aromatic carbocycles. The van der Waals surface area contributed by atoms with Crippen LogP contribution in [0.1, 0.15) is 44.9 Å². The van der Waals surface area contributed by atoms with Gasteiger partial charge in [0.15, 0.2) is 0 Å². The van der Waals surface area contributed by atoms with E-state index in [9.17, 15) is 4.79 Å². The van der Waals surface area contributed by atoms with E-state index in [0.29, 0.717) is 11.2 Å². The van der Waals surface area contributed by atoms with E-state index in [1.54, 1.807) is 17.8 Å². The second-order valence-corrected chi connectivity index (χ2v) is 9.31. The Hall–Kier alpha value is -1.79. The van der Waals surface area contributed by atoms with Crippen molar-refractivity contribution in [2.24, 2.45) is 5.92 Å². The van der Waals surface area contributed by atoms with Crippen molar-refractivity contribution in [3.63, 3.8) is 0 Å². The third-order valence-corrected chi connectivity index (χ3v) is 5.85. The van der Waals surface area contributed by atoms with Gasteiger partial charge >= 0.3 is 0 Å². The van der Waals surface area contributed by atoms with Crippen LogP contribution >= 0.6 is 11.8 Å². The topological polar surface area (TPSA) is 61.0 Å². The molecule has 0 aliphatic carbocycles. The Bertz CT molecular complexity index is 788. The molecule has 1 aliphatic rings. The average molecular weight is 387 g/mol. The van der Waals surface area contributed by atoms with E-state index >= 15 is 0 Å². The minimum atomic E-state index is -0.123. The molecule has 6 heteroatoms. The van der Waals surface area contributed by atoms with Crippen LogP contribution in [-0.4, -0.2) is 33.2 Å². The van der Waals surface area contributed by atoms with Gasteiger partial charge in [0.05, 0.1) is 5.69 Å². The van der Waals surface area contributed by atoms with Crippen LogP contribution in [0.15, 0.2) is 35.1 Å². The molecule has 2 aromatic rings. The summed E-state index contributed by atoms with van der Waals surface area (Å²) in [6, 6.07) is 9.98. The van der Waals surface area contributed by atoms with Gasteiger partial charge < -0.3 is 5.32 Å². The van der Waals surface area contributed by atoms with E-state index < -0.39 is 0 Å². The Balaban J connectivity index is 1.61. The predicted octanol–water partition coefficient (Wildman–Crippen LogP) is 4.39. The fourth-order valence-electron chi connectivity index (χ4n) is 3.41. The SMILES string of the molecule is CC1CCCN(Cc2ccc(Nc3nc(CSC(C)C)cc(=O)[nH]3)cc2)C1. The predicted molar refractivity (Wildman–Crippen MR) is 115 cm³/mol. The van der Waals surface area contributed by atoms with Crippen LogP contribution in [-0.2, 0) is 12.3 Å². The van der Waals surface area contributed by atoms with Gasteiger partial charge in [-0.2, -0.15) is 11.8 Å². The molecule has 1 atom stereocenters. The Morgan fingerprint density at radius 2 is 2.11 bits per heavy atom. The van der Waals surface area contributed by atoms with Gasteiger partial charge in [-0.3, -0.25) is 14.7 Å². The molecule has 1 fully saturated rings. The lowest BCUT2D eigenvalue weighted by atomic mass is 10.00. The fourth-order valence-corrected chi connectivity index (χ4v) is 4.06. The zero-order valence-corrected chi connectivity index (χ0v) is 17.3. The summed E-state index contributed by atoms with van der Waals surface area (Å²) in [6.07, 6.45) is 2.64. The number of nitrogens with one attached hydrogen (secondary N) is 2. The summed E-state index contributed by atoms with van der Waals surface area (Å²) >= 11 is 1.78. The summed E-state index contributed by atoms with van der Waals surface area (Å²) in [7, 11) is 0. The normalized spacial score (nSPS) is 18.0. The number of aromatic amines is 1. The Labute approximate surface area is 166 Å². The quantitative estimate of drug-likeness (QED) is 0.739. The van der Waals surface area contributed by atoms with E-state index in [4.69, 9.17) is 0 Å². The maximum absolute atomic E-state index is 11.9. The largest absolute Gasteiger partial charge is 0.326 e. The Kier molecular flexibility index (Phi) is 6.96. The van der Waals surface area contributed by atoms with Crippen LogP contribution in [0.2, 0.25) is 0 Å². The number of hydrogen-bond acceptors (Lipinski definition) is 5. The van der Waals surface area contributed by atoms with Crippen molar-refractivity contribution in [1.82, 2.24) is 14.9 Å². The van der Waals surface area contributed by atoms with Crippen LogP contribution in [0.5, 0.6) is 0 Å². The number of thioether (sulfide) groups is 1. The highest BCUT2D eigenvalue weighted by Crippen LogP contribution is 2.20. The van der Waals surface area contributed by atoms with E-state index in [1.165, 1.54) is 31.5 Å². The molecule has 1 aliphatic heterocycles. The first-order chi connectivity index (χ1) is 13.0. The molecule has 0 bridgehead atoms. The third-order valence-electron chi connectivity index (χ3n) is 4.72. The van der Waals surface area contributed by atoms with Crippen LogP contribution in [0.3, 0.4) is 0 Å². The first kappa shape index (κ1) is 20.0. The summed E-state index contributed by atoms with van der Waals surface area (Å²) < 4.78 is 0. The number of piperidine rings is 1. The maximum atomic E-state index is 11.9. The zero-order chi connectivity index (χ0) is 19.2. The van der Waals surface area contributed by atoms with Gasteiger partial charge in [-0.25, -0.2) is 4.98 Å². The van der Waals surface area contributed by atoms with E-state index in [1.807, 2.05) is 0 Å². The third kappa shape index (κ3) is 6.40. The lowest BCUT2D eigenvalue weighted by Crippen LogP contribution is -2.33. The molecule has 0 radical (unpaired) electrons. The van der Waals surface area contributed by atoms with Crippen molar-refractivity contribution in [3.8, 4) is 0 Å². The first-order valence-corrected chi connectivity index (χ1v) is 10.8. The molecule has 0 saturated carbocycles. The number of nitrogens with zero attached hydrogens (tertiary/aromatic N) is 2. The molecule has 146 valence electrons. The zero-order valence-electron chi connectivity index (χ0n) is 16.5. The summed E-state index contributed by atoms with van der Waals surface area (Å²) in [5, 5.41) is 3.73. The minimum absolute atomic E-state index is 0.123. The molecule has 27 heavy (non-hydrogen) atoms. The highest BCUT2D eigenvalue weighted by molar-refractivity contribution is 7.99. The molecule has 3 rings (SSSR count). The van der Waals surface area contributed by atoms with Gasteiger partial charge in [0.1, 0.15) is 0 Å². The van der Waals surface area contributed by atoms with Crippen LogP contribution in [0.25, 0.3) is 0 Å². The smallest absolute Gasteiger partial charge is 0.252 e. The van der Waals surface area contributed by atoms with Gasteiger partial charge in [0.25, 0.3) is 5.56 Å². The van der Waals surface area contributed by atoms with Crippen molar-refractivity contribution in [2.45, 2.75) is 51.2 Å². The highest BCUT2D eigenvalue weighted by Gasteiger charge is 2.16. The van der Waals surface area contributed by atoms with Crippen molar-refractivity contribution in [1.29, 1.82) is 0 Å². The molecular weight excluding hydrogens is 356 g/mol. The summed E-state index contributed by atoms with van der Waals surface area (Å²) in [5.41, 5.74) is 2.93. The van der Waals surface area contributed by atoms with Gasteiger partial charge in [0, 0.05) is 30.6 Å². The second-order valence-electron chi connectivity index (χ2n) is 7.75. The van der Waals surface area contributed by atoms with E-state index in [0.717, 1.165) is 29.6 Å². The van der Waals surface area contributed by atoms with Gasteiger partial charge in [-0.1, -0.05) is 32.9 Å². The molecule has 2 heterocycles. The van der Waals surface area contributed by atoms with Crippen molar-refractivity contribution in [3.05, 3.63) is 51.9 Å². The fraction of sp³-hybridized carbons (Fsp3) is 0.524. The van der Waals surface area contributed by atoms with Crippen molar-refractivity contribution >= 4 is 23.4 Å². The van der Waals surface area contributed by atoms with Gasteiger partial charge in [-0.15, -0.1) is 0 Å². The molecule has 1 aromatic heterocycles. The molecular formula is C21H30N4OS. The lowest BCUT2D eigenvalue weighted by Gasteiger charge is -2.30. The van der Waals surface area contributed by atoms with Crippen LogP contribution in [0, 0.1) is 5.92 Å². The monoisotopic (exact) mass is 386 g/mol. The number of anilines is 2. The van der Waals surface area contributed by atoms with Crippen LogP contribution in [0.4, 0.5) is 11.6 Å². The molecule has 1 unspecified atom stereocenters. The number of likely N-dealkylation sites (tertiary alicyclic amines) is 1. The Morgan fingerprint density at radius 3 is 2.81 bits per heavy atom. The Morgan fingerprint density at radius 1 is 1.33 bits per heavy atom. The number of hydrogen-bond donors (Lipinski definition) is 2. The maximum Gasteiger partial charge on any atom is 0.252 e. The summed E-state index contributed by atoms with van der Waals surface area (Å²) in [6.45, 7) is 10.00. The van der Waals surface area contributed by atoms with E-state index in [2.05, 4.69) is 65.2 Å². The van der Waals surface area contributed by atoms with Crippen molar-refractivity contribution < 1.29 is 0 Å². The number of aromatic nitrogens is 2. The first-order valence-electron chi connectivity index (χ1n) is 9.78. The van der Waals surface area contributed by atoms with Gasteiger partial charge in [0.2, 0.25) is 5.95 Å². The van der Waals surface area contributed by atoms with E-state index in [-0.39, 0.29) is 5.56 Å². The molecule has 1 saturated heterocycles. The summed E-state index contributed by atoms with van der Waals surface area (Å²) in [5.74, 6) is 2.03.